The topological polar surface area (TPSA) is 73.8 Å². The standard InChI is InChI=1S/C36H40N7O2/c1-26-35(44)28(20-27-4-8-30(9-5-27)40-14-12-32(22-40)42-18-16-38(2)24-42)21-34(36(26)45)37-29-6-10-31(11-7-29)41-15-13-33(23-41)43-19-17-39(3)25-43/h4-11,16-19,21,24-25,32-33H,12-15,20,22-23H2,1-3H3/q+1/p+1. The van der Waals surface area contributed by atoms with Crippen molar-refractivity contribution in [3.63, 3.8) is 0 Å². The van der Waals surface area contributed by atoms with Gasteiger partial charge < -0.3 is 14.9 Å². The van der Waals surface area contributed by atoms with E-state index >= 15 is 0 Å². The van der Waals surface area contributed by atoms with Crippen LogP contribution in [0, 0.1) is 0 Å². The Kier molecular flexibility index (Phi) is 7.61. The first-order valence-electron chi connectivity index (χ1n) is 15.8. The van der Waals surface area contributed by atoms with Crippen LogP contribution >= 0.6 is 0 Å². The smallest absolute Gasteiger partial charge is 0.243 e. The fraction of sp³-hybridized carbons (Fsp3) is 0.333. The fourth-order valence-corrected chi connectivity index (χ4v) is 6.79. The maximum absolute atomic E-state index is 13.1. The molecule has 2 atom stereocenters. The zero-order chi connectivity index (χ0) is 31.1. The average molecular weight is 604 g/mol. The van der Waals surface area contributed by atoms with E-state index < -0.39 is 0 Å². The normalized spacial score (nSPS) is 21.4. The van der Waals surface area contributed by atoms with Crippen LogP contribution in [0.5, 0.6) is 0 Å². The molecule has 2 aromatic heterocycles. The Hall–Kier alpha value is -4.92. The van der Waals surface area contributed by atoms with Gasteiger partial charge in [-0.25, -0.2) is 23.3 Å². The molecule has 4 heterocycles. The van der Waals surface area contributed by atoms with E-state index in [9.17, 15) is 9.90 Å². The summed E-state index contributed by atoms with van der Waals surface area (Å²) in [5.74, 6) is -0.182. The lowest BCUT2D eigenvalue weighted by Crippen LogP contribution is -2.25. The van der Waals surface area contributed by atoms with Crippen LogP contribution in [-0.4, -0.2) is 51.9 Å². The predicted molar refractivity (Wildman–Crippen MR) is 175 cm³/mol. The average Bonchev–Trinajstić information content (AvgIpc) is 3.87. The van der Waals surface area contributed by atoms with Crippen LogP contribution in [0.25, 0.3) is 0 Å². The minimum absolute atomic E-state index is 0.0560. The van der Waals surface area contributed by atoms with Crippen molar-refractivity contribution >= 4 is 28.6 Å². The van der Waals surface area contributed by atoms with Gasteiger partial charge in [0, 0.05) is 54.9 Å². The molecule has 0 amide bonds. The molecule has 7 rings (SSSR count). The van der Waals surface area contributed by atoms with Gasteiger partial charge in [0.15, 0.2) is 0 Å². The number of aliphatic hydroxyl groups excluding tert-OH is 1. The zero-order valence-corrected chi connectivity index (χ0v) is 26.3. The fourth-order valence-electron chi connectivity index (χ4n) is 6.79. The second kappa shape index (κ2) is 11.9. The van der Waals surface area contributed by atoms with Gasteiger partial charge in [0.2, 0.25) is 18.4 Å². The maximum atomic E-state index is 13.1. The predicted octanol–water partition coefficient (Wildman–Crippen LogP) is 4.50. The van der Waals surface area contributed by atoms with Gasteiger partial charge in [-0.15, -0.1) is 0 Å². The Morgan fingerprint density at radius 3 is 1.87 bits per heavy atom. The lowest BCUT2D eigenvalue weighted by Gasteiger charge is -2.19. The number of nitrogens with zero attached hydrogens (tertiary/aromatic N) is 7. The van der Waals surface area contributed by atoms with E-state index in [2.05, 4.69) is 109 Å². The highest BCUT2D eigenvalue weighted by Gasteiger charge is 2.29. The van der Waals surface area contributed by atoms with E-state index in [1.165, 1.54) is 5.69 Å². The molecular weight excluding hydrogens is 562 g/mol. The zero-order valence-electron chi connectivity index (χ0n) is 26.3. The maximum Gasteiger partial charge on any atom is 0.243 e. The van der Waals surface area contributed by atoms with Gasteiger partial charge in [0.25, 0.3) is 0 Å². The molecule has 1 aliphatic carbocycles. The number of benzene rings is 2. The molecule has 0 radical (unpaired) electrons. The Morgan fingerprint density at radius 2 is 1.36 bits per heavy atom. The minimum Gasteiger partial charge on any atom is -0.507 e. The number of aromatic nitrogens is 4. The van der Waals surface area contributed by atoms with E-state index in [1.807, 2.05) is 19.2 Å². The SMILES string of the molecule is CC1=C(O)C(Cc2ccc(N3CCC(n4cc[n+](C)c4)C3)cc2)=CC(=Nc2ccc(N3CCC(n4cc[n+](C)c4)C3)cc2)C1=O. The van der Waals surface area contributed by atoms with Crippen LogP contribution in [0.15, 0.2) is 114 Å². The van der Waals surface area contributed by atoms with Gasteiger partial charge in [0.05, 0.1) is 32.9 Å². The highest BCUT2D eigenvalue weighted by atomic mass is 16.3. The van der Waals surface area contributed by atoms with Crippen LogP contribution in [0.1, 0.15) is 37.4 Å². The van der Waals surface area contributed by atoms with Gasteiger partial charge >= 0.3 is 0 Å². The molecule has 0 spiro atoms. The number of rotatable bonds is 7. The number of allylic oxidation sites excluding steroid dienone is 3. The van der Waals surface area contributed by atoms with E-state index in [0.29, 0.717) is 35.4 Å². The molecule has 2 saturated heterocycles. The van der Waals surface area contributed by atoms with Crippen molar-refractivity contribution in [2.45, 2.75) is 38.3 Å². The van der Waals surface area contributed by atoms with Gasteiger partial charge in [-0.05, 0) is 55.0 Å². The summed E-state index contributed by atoms with van der Waals surface area (Å²) in [5, 5.41) is 10.9. The Bertz CT molecular complexity index is 1810. The molecule has 3 aliphatic rings. The Balaban J connectivity index is 1.02. The number of aliphatic imine (C=N–C) groups is 1. The van der Waals surface area contributed by atoms with Crippen LogP contribution in [0.3, 0.4) is 0 Å². The number of hydrogen-bond acceptors (Lipinski definition) is 5. The monoisotopic (exact) mass is 603 g/mol. The van der Waals surface area contributed by atoms with Crippen molar-refractivity contribution in [2.24, 2.45) is 19.1 Å². The number of Topliss-reactive ketones (excluding diaryl/α,β-unsaturated/α-hetero) is 1. The summed E-state index contributed by atoms with van der Waals surface area (Å²) in [6, 6.07) is 17.6. The highest BCUT2D eigenvalue weighted by molar-refractivity contribution is 6.51. The summed E-state index contributed by atoms with van der Waals surface area (Å²) in [7, 11) is 4.10. The third kappa shape index (κ3) is 5.94. The molecule has 2 unspecified atom stereocenters. The quantitative estimate of drug-likeness (QED) is 0.250. The van der Waals surface area contributed by atoms with Gasteiger partial charge in [-0.1, -0.05) is 12.1 Å². The van der Waals surface area contributed by atoms with Crippen molar-refractivity contribution in [3.8, 4) is 0 Å². The Labute approximate surface area is 264 Å². The van der Waals surface area contributed by atoms with E-state index in [1.54, 1.807) is 13.0 Å². The largest absolute Gasteiger partial charge is 0.507 e. The summed E-state index contributed by atoms with van der Waals surface area (Å²) in [5.41, 5.74) is 5.56. The highest BCUT2D eigenvalue weighted by Crippen LogP contribution is 2.31. The second-order valence-corrected chi connectivity index (χ2v) is 12.7. The van der Waals surface area contributed by atoms with Crippen molar-refractivity contribution in [2.75, 3.05) is 36.0 Å². The molecule has 2 aromatic carbocycles. The number of hydrogen-bond donors (Lipinski definition) is 1. The van der Waals surface area contributed by atoms with Crippen molar-refractivity contribution in [1.29, 1.82) is 0 Å². The van der Waals surface area contributed by atoms with Crippen molar-refractivity contribution < 1.29 is 19.0 Å². The number of ketones is 1. The molecule has 9 nitrogen and oxygen atoms in total. The van der Waals surface area contributed by atoms with Crippen molar-refractivity contribution in [3.05, 3.63) is 115 Å². The molecule has 0 bridgehead atoms. The number of carbonyl (C=O) groups excluding carboxylic acids is 1. The lowest BCUT2D eigenvalue weighted by atomic mass is 9.91. The molecule has 4 aromatic rings. The molecule has 9 heteroatoms. The summed E-state index contributed by atoms with van der Waals surface area (Å²) in [6.45, 7) is 5.64. The Morgan fingerprint density at radius 1 is 0.822 bits per heavy atom. The van der Waals surface area contributed by atoms with Crippen LogP contribution < -0.4 is 18.9 Å². The van der Waals surface area contributed by atoms with E-state index in [0.717, 1.165) is 56.0 Å². The molecule has 45 heavy (non-hydrogen) atoms. The van der Waals surface area contributed by atoms with E-state index in [4.69, 9.17) is 4.99 Å². The molecule has 1 N–H and O–H groups in total. The molecule has 2 fully saturated rings. The van der Waals surface area contributed by atoms with Crippen LogP contribution in [0.4, 0.5) is 17.1 Å². The van der Waals surface area contributed by atoms with Gasteiger partial charge in [-0.3, -0.25) is 4.79 Å². The molecule has 0 saturated carbocycles. The lowest BCUT2D eigenvalue weighted by molar-refractivity contribution is -0.671. The molecule has 2 aliphatic heterocycles. The van der Waals surface area contributed by atoms with Crippen LogP contribution in [0.2, 0.25) is 0 Å². The summed E-state index contributed by atoms with van der Waals surface area (Å²) in [4.78, 5) is 22.6. The summed E-state index contributed by atoms with van der Waals surface area (Å²) < 4.78 is 8.74. The van der Waals surface area contributed by atoms with Gasteiger partial charge in [0.1, 0.15) is 48.3 Å². The van der Waals surface area contributed by atoms with E-state index in [-0.39, 0.29) is 11.5 Å². The first-order valence-corrected chi connectivity index (χ1v) is 15.8. The first-order chi connectivity index (χ1) is 21.8. The summed E-state index contributed by atoms with van der Waals surface area (Å²) >= 11 is 0. The van der Waals surface area contributed by atoms with Crippen molar-refractivity contribution in [1.82, 2.24) is 9.13 Å². The second-order valence-electron chi connectivity index (χ2n) is 12.7. The summed E-state index contributed by atoms with van der Waals surface area (Å²) in [6.07, 6.45) is 17.2. The number of carbonyl (C=O) groups is 1. The molecule has 230 valence electrons. The molecular formula is C36H41N7O2+2. The first kappa shape index (κ1) is 28.8. The van der Waals surface area contributed by atoms with Crippen LogP contribution in [-0.2, 0) is 25.3 Å². The number of aryl methyl sites for hydroxylation is 2. The number of anilines is 2. The minimum atomic E-state index is -0.238. The number of aliphatic hydroxyl groups is 1. The van der Waals surface area contributed by atoms with Gasteiger partial charge in [-0.2, -0.15) is 0 Å². The third-order valence-electron chi connectivity index (χ3n) is 9.45. The number of imidazole rings is 2. The third-order valence-corrected chi connectivity index (χ3v) is 9.45.